The molecule has 0 bridgehead atoms. The van der Waals surface area contributed by atoms with Crippen LogP contribution in [-0.4, -0.2) is 10.9 Å². The Morgan fingerprint density at radius 3 is 2.42 bits per heavy atom. The van der Waals surface area contributed by atoms with E-state index < -0.39 is 5.37 Å². The van der Waals surface area contributed by atoms with E-state index in [1.54, 1.807) is 0 Å². The van der Waals surface area contributed by atoms with Gasteiger partial charge in [0.2, 0.25) is 0 Å². The molecule has 4 aliphatic rings. The number of amidine groups is 1. The number of aliphatic imine (C=N–C) groups is 1. The van der Waals surface area contributed by atoms with Crippen molar-refractivity contribution in [2.75, 3.05) is 0 Å². The second-order valence-corrected chi connectivity index (χ2v) is 15.6. The largest absolute Gasteiger partial charge is 0.359 e. The highest BCUT2D eigenvalue weighted by molar-refractivity contribution is 8.14. The molecule has 5 heteroatoms. The molecule has 264 valence electrons. The lowest BCUT2D eigenvalue weighted by Crippen LogP contribution is -2.32. The van der Waals surface area contributed by atoms with E-state index in [1.165, 1.54) is 39.6 Å². The third-order valence-electron chi connectivity index (χ3n) is 10.7. The molecule has 0 spiro atoms. The summed E-state index contributed by atoms with van der Waals surface area (Å²) in [6.45, 7) is 4.14. The first-order valence-electron chi connectivity index (χ1n) is 18.8. The van der Waals surface area contributed by atoms with Crippen LogP contribution in [0.1, 0.15) is 87.5 Å². The summed E-state index contributed by atoms with van der Waals surface area (Å²) in [6, 6.07) is 34.4. The number of nitrogens with zero attached hydrogens (tertiary/aromatic N) is 1. The molecule has 4 N–H and O–H groups in total. The molecule has 1 aliphatic heterocycles. The first-order valence-corrected chi connectivity index (χ1v) is 19.7. The zero-order valence-corrected chi connectivity index (χ0v) is 31.2. The maximum absolute atomic E-state index is 8.95. The van der Waals surface area contributed by atoms with Crippen molar-refractivity contribution in [2.24, 2.45) is 16.6 Å². The number of aryl methyl sites for hydroxylation is 2. The number of rotatable bonds is 8. The fourth-order valence-corrected chi connectivity index (χ4v) is 9.03. The molecular formula is C48H46N4S. The minimum absolute atomic E-state index is 0.105. The molecular weight excluding hydrogens is 665 g/mol. The Balaban J connectivity index is 1.14. The summed E-state index contributed by atoms with van der Waals surface area (Å²) in [5.74, 6) is 1.72. The summed E-state index contributed by atoms with van der Waals surface area (Å²) in [7, 11) is 0. The first-order chi connectivity index (χ1) is 25.9. The smallest absolute Gasteiger partial charge is 0.134 e. The summed E-state index contributed by atoms with van der Waals surface area (Å²) in [4.78, 5) is 5.26. The van der Waals surface area contributed by atoms with Gasteiger partial charge >= 0.3 is 0 Å². The Morgan fingerprint density at radius 2 is 1.60 bits per heavy atom. The van der Waals surface area contributed by atoms with E-state index >= 15 is 0 Å². The molecule has 4 nitrogen and oxygen atoms in total. The first kappa shape index (κ1) is 34.8. The van der Waals surface area contributed by atoms with Gasteiger partial charge < -0.3 is 11.1 Å². The van der Waals surface area contributed by atoms with Crippen LogP contribution >= 0.6 is 11.8 Å². The number of allylic oxidation sites excluding steroid dienone is 8. The third kappa shape index (κ3) is 7.50. The summed E-state index contributed by atoms with van der Waals surface area (Å²) in [5, 5.41) is 12.8. The van der Waals surface area contributed by atoms with Gasteiger partial charge in [0.15, 0.2) is 0 Å². The number of hydrogen-bond acceptors (Lipinski definition) is 5. The summed E-state index contributed by atoms with van der Waals surface area (Å²) >= 11 is 1.38. The fraction of sp³-hybridized carbons (Fsp3) is 0.208. The number of nitrogens with two attached hydrogens (primary N) is 1. The quantitative estimate of drug-likeness (QED) is 0.0968. The van der Waals surface area contributed by atoms with E-state index in [0.717, 1.165) is 70.6 Å². The Hall–Kier alpha value is -5.23. The zero-order valence-electron chi connectivity index (χ0n) is 30.4. The minimum atomic E-state index is -0.438. The average Bonchev–Trinajstić information content (AvgIpc) is 3.20. The summed E-state index contributed by atoms with van der Waals surface area (Å²) < 4.78 is 0. The van der Waals surface area contributed by atoms with Crippen molar-refractivity contribution in [2.45, 2.75) is 56.9 Å². The van der Waals surface area contributed by atoms with Gasteiger partial charge in [0.25, 0.3) is 0 Å². The molecule has 4 aromatic carbocycles. The molecule has 0 fully saturated rings. The Bertz CT molecular complexity index is 2250. The van der Waals surface area contributed by atoms with E-state index in [9.17, 15) is 0 Å². The van der Waals surface area contributed by atoms with Crippen molar-refractivity contribution >= 4 is 33.9 Å². The average molecular weight is 711 g/mol. The second-order valence-electron chi connectivity index (χ2n) is 14.5. The highest BCUT2D eigenvalue weighted by Crippen LogP contribution is 2.45. The maximum atomic E-state index is 8.95. The topological polar surface area (TPSA) is 74.3 Å². The number of hydrogen-bond donors (Lipinski definition) is 3. The predicted molar refractivity (Wildman–Crippen MR) is 225 cm³/mol. The molecule has 4 unspecified atom stereocenters. The van der Waals surface area contributed by atoms with Crippen molar-refractivity contribution in [1.29, 1.82) is 5.41 Å². The number of fused-ring (bicyclic) bond motifs is 1. The number of benzene rings is 4. The van der Waals surface area contributed by atoms with Crippen LogP contribution < -0.4 is 11.1 Å². The van der Waals surface area contributed by atoms with Crippen molar-refractivity contribution in [3.63, 3.8) is 0 Å². The highest BCUT2D eigenvalue weighted by atomic mass is 32.2. The molecule has 8 rings (SSSR count). The molecule has 0 saturated carbocycles. The van der Waals surface area contributed by atoms with Gasteiger partial charge in [0.05, 0.1) is 22.2 Å². The van der Waals surface area contributed by atoms with Crippen LogP contribution in [0.3, 0.4) is 0 Å². The normalized spacial score (nSPS) is 21.3. The van der Waals surface area contributed by atoms with E-state index in [-0.39, 0.29) is 6.04 Å². The predicted octanol–water partition coefficient (Wildman–Crippen LogP) is 11.5. The van der Waals surface area contributed by atoms with Gasteiger partial charge in [-0.3, -0.25) is 5.41 Å². The standard InChI is InChI=1S/C48H46N4S/c1-31-26-32(2)28-37(27-31)46(49)53-47(50)43-23-12-11-22-42(43)45-30-44(51-48(52-45)34-16-7-4-8-17-34)36-19-13-18-35(29-36)39-25-24-38(33-14-5-3-6-15-33)40-20-9-10-21-41(39)40/h3,5-7,10-19,21-30,38,40,44,47,49H,4,8-9,20,50H2,1-2H3,(H,51,52). The van der Waals surface area contributed by atoms with Gasteiger partial charge in [0.1, 0.15) is 5.84 Å². The SMILES string of the molecule is Cc1cc(C)cc(C(=N)SC(N)c2ccccc2C2=CC(c3cccc(C4=C5C=CCCC5C(c5ccccc5)C=C4)c3)NC(C3=CCCC=C3)=N2)c1. The number of thioether (sulfide) groups is 1. The zero-order chi connectivity index (χ0) is 36.3. The lowest BCUT2D eigenvalue weighted by molar-refractivity contribution is 0.509. The van der Waals surface area contributed by atoms with Crippen LogP contribution in [0, 0.1) is 25.2 Å². The van der Waals surface area contributed by atoms with Crippen molar-refractivity contribution in [3.05, 3.63) is 201 Å². The minimum Gasteiger partial charge on any atom is -0.359 e. The van der Waals surface area contributed by atoms with E-state index in [2.05, 4.69) is 159 Å². The molecule has 0 aromatic heterocycles. The van der Waals surface area contributed by atoms with Crippen LogP contribution in [0.15, 0.2) is 162 Å². The van der Waals surface area contributed by atoms with E-state index in [0.29, 0.717) is 16.9 Å². The van der Waals surface area contributed by atoms with E-state index in [4.69, 9.17) is 16.1 Å². The molecule has 4 atom stereocenters. The molecule has 0 amide bonds. The Labute approximate surface area is 318 Å². The molecule has 0 saturated heterocycles. The second kappa shape index (κ2) is 15.4. The van der Waals surface area contributed by atoms with Gasteiger partial charge in [-0.05, 0) is 103 Å². The van der Waals surface area contributed by atoms with Crippen LogP contribution in [0.25, 0.3) is 11.3 Å². The molecule has 1 heterocycles. The lowest BCUT2D eigenvalue weighted by Gasteiger charge is -2.33. The summed E-state index contributed by atoms with van der Waals surface area (Å²) in [6.07, 6.45) is 22.7. The molecule has 4 aromatic rings. The Kier molecular flexibility index (Phi) is 10.1. The summed E-state index contributed by atoms with van der Waals surface area (Å²) in [5.41, 5.74) is 20.6. The fourth-order valence-electron chi connectivity index (χ4n) is 8.19. The van der Waals surface area contributed by atoms with Crippen LogP contribution in [0.2, 0.25) is 0 Å². The molecule has 0 radical (unpaired) electrons. The van der Waals surface area contributed by atoms with Gasteiger partial charge in [-0.1, -0.05) is 144 Å². The third-order valence-corrected chi connectivity index (χ3v) is 11.7. The van der Waals surface area contributed by atoms with Gasteiger partial charge in [-0.25, -0.2) is 4.99 Å². The molecule has 53 heavy (non-hydrogen) atoms. The van der Waals surface area contributed by atoms with Crippen molar-refractivity contribution in [1.82, 2.24) is 5.32 Å². The van der Waals surface area contributed by atoms with Crippen LogP contribution in [0.4, 0.5) is 0 Å². The lowest BCUT2D eigenvalue weighted by atomic mass is 9.70. The van der Waals surface area contributed by atoms with Gasteiger partial charge in [0, 0.05) is 22.6 Å². The van der Waals surface area contributed by atoms with Crippen LogP contribution in [-0.2, 0) is 0 Å². The van der Waals surface area contributed by atoms with Crippen molar-refractivity contribution < 1.29 is 0 Å². The van der Waals surface area contributed by atoms with Crippen LogP contribution in [0.5, 0.6) is 0 Å². The Morgan fingerprint density at radius 1 is 0.830 bits per heavy atom. The number of nitrogens with one attached hydrogen (secondary N) is 2. The monoisotopic (exact) mass is 710 g/mol. The van der Waals surface area contributed by atoms with Crippen molar-refractivity contribution in [3.8, 4) is 0 Å². The van der Waals surface area contributed by atoms with E-state index in [1.807, 2.05) is 6.07 Å². The maximum Gasteiger partial charge on any atom is 0.134 e. The molecule has 3 aliphatic carbocycles. The van der Waals surface area contributed by atoms with Gasteiger partial charge in [-0.2, -0.15) is 0 Å². The highest BCUT2D eigenvalue weighted by Gasteiger charge is 2.30. The van der Waals surface area contributed by atoms with Gasteiger partial charge in [-0.15, -0.1) is 0 Å².